The molecule has 0 amide bonds. The van der Waals surface area contributed by atoms with Gasteiger partial charge >= 0.3 is 0 Å². The van der Waals surface area contributed by atoms with E-state index in [0.29, 0.717) is 17.5 Å². The zero-order chi connectivity index (χ0) is 12.3. The Morgan fingerprint density at radius 1 is 1.18 bits per heavy atom. The van der Waals surface area contributed by atoms with Crippen molar-refractivity contribution in [3.05, 3.63) is 54.1 Å². The predicted molar refractivity (Wildman–Crippen MR) is 64.3 cm³/mol. The molecule has 0 spiro atoms. The summed E-state index contributed by atoms with van der Waals surface area (Å²) < 4.78 is 13.0. The number of carbonyl (C=O) groups excluding carboxylic acids is 1. The van der Waals surface area contributed by atoms with Gasteiger partial charge in [0.25, 0.3) is 0 Å². The summed E-state index contributed by atoms with van der Waals surface area (Å²) >= 11 is 0. The molecule has 0 unspecified atom stereocenters. The lowest BCUT2D eigenvalue weighted by molar-refractivity contribution is 0.0988. The lowest BCUT2D eigenvalue weighted by atomic mass is 10.0. The fraction of sp³-hybridized carbons (Fsp3) is 0.143. The highest BCUT2D eigenvalue weighted by Crippen LogP contribution is 2.19. The first-order valence-corrected chi connectivity index (χ1v) is 5.45. The minimum atomic E-state index is -0.365. The monoisotopic (exact) mass is 229 g/mol. The van der Waals surface area contributed by atoms with Gasteiger partial charge in [0.05, 0.1) is 6.20 Å². The van der Waals surface area contributed by atoms with Crippen molar-refractivity contribution in [2.24, 2.45) is 0 Å². The Labute approximate surface area is 99.1 Å². The number of Topliss-reactive ketones (excluding diaryl/α,β-unsaturated/α-hetero) is 1. The van der Waals surface area contributed by atoms with E-state index in [1.165, 1.54) is 12.3 Å². The van der Waals surface area contributed by atoms with Crippen LogP contribution in [-0.4, -0.2) is 10.8 Å². The van der Waals surface area contributed by atoms with Crippen LogP contribution in [0.1, 0.15) is 23.7 Å². The molecule has 2 rings (SSSR count). The van der Waals surface area contributed by atoms with Crippen molar-refractivity contribution in [3.63, 3.8) is 0 Å². The molecule has 0 saturated heterocycles. The second-order valence-corrected chi connectivity index (χ2v) is 3.75. The van der Waals surface area contributed by atoms with Gasteiger partial charge in [-0.15, -0.1) is 0 Å². The standard InChI is InChI=1S/C14H12FNO/c1-2-14(17)11-5-3-10(4-6-11)12-7-13(15)9-16-8-12/h3-9H,2H2,1H3. The molecule has 17 heavy (non-hydrogen) atoms. The lowest BCUT2D eigenvalue weighted by Crippen LogP contribution is -1.95. The fourth-order valence-corrected chi connectivity index (χ4v) is 1.62. The molecule has 86 valence electrons. The van der Waals surface area contributed by atoms with E-state index >= 15 is 0 Å². The van der Waals surface area contributed by atoms with E-state index in [-0.39, 0.29) is 11.6 Å². The minimum absolute atomic E-state index is 0.105. The largest absolute Gasteiger partial charge is 0.294 e. The number of hydrogen-bond acceptors (Lipinski definition) is 2. The van der Waals surface area contributed by atoms with Crippen LogP contribution in [0.3, 0.4) is 0 Å². The number of halogens is 1. The normalized spacial score (nSPS) is 10.2. The van der Waals surface area contributed by atoms with Crippen LogP contribution >= 0.6 is 0 Å². The van der Waals surface area contributed by atoms with Gasteiger partial charge in [0.15, 0.2) is 5.78 Å². The van der Waals surface area contributed by atoms with Crippen LogP contribution in [0.2, 0.25) is 0 Å². The molecule has 2 nitrogen and oxygen atoms in total. The first-order valence-electron chi connectivity index (χ1n) is 5.45. The quantitative estimate of drug-likeness (QED) is 0.754. The first kappa shape index (κ1) is 11.5. The van der Waals surface area contributed by atoms with Gasteiger partial charge in [-0.05, 0) is 11.6 Å². The van der Waals surface area contributed by atoms with Crippen molar-refractivity contribution in [2.75, 3.05) is 0 Å². The van der Waals surface area contributed by atoms with Gasteiger partial charge in [0, 0.05) is 23.7 Å². The third-order valence-electron chi connectivity index (χ3n) is 2.57. The van der Waals surface area contributed by atoms with Crippen LogP contribution in [0.4, 0.5) is 4.39 Å². The Hall–Kier alpha value is -2.03. The Morgan fingerprint density at radius 2 is 1.88 bits per heavy atom. The molecule has 2 aromatic rings. The van der Waals surface area contributed by atoms with Crippen LogP contribution in [0.25, 0.3) is 11.1 Å². The fourth-order valence-electron chi connectivity index (χ4n) is 1.62. The van der Waals surface area contributed by atoms with Crippen molar-refractivity contribution < 1.29 is 9.18 Å². The Balaban J connectivity index is 2.32. The van der Waals surface area contributed by atoms with E-state index in [1.54, 1.807) is 30.5 Å². The molecule has 1 heterocycles. The van der Waals surface area contributed by atoms with Crippen molar-refractivity contribution >= 4 is 5.78 Å². The summed E-state index contributed by atoms with van der Waals surface area (Å²) in [6.45, 7) is 1.83. The summed E-state index contributed by atoms with van der Waals surface area (Å²) in [5, 5.41) is 0. The molecule has 0 bridgehead atoms. The predicted octanol–water partition coefficient (Wildman–Crippen LogP) is 3.48. The van der Waals surface area contributed by atoms with Crippen molar-refractivity contribution in [1.29, 1.82) is 0 Å². The molecule has 3 heteroatoms. The Bertz CT molecular complexity index is 534. The van der Waals surface area contributed by atoms with Crippen molar-refractivity contribution in [2.45, 2.75) is 13.3 Å². The van der Waals surface area contributed by atoms with E-state index in [0.717, 1.165) is 5.56 Å². The average molecular weight is 229 g/mol. The summed E-state index contributed by atoms with van der Waals surface area (Å²) in [7, 11) is 0. The van der Waals surface area contributed by atoms with E-state index in [4.69, 9.17) is 0 Å². The van der Waals surface area contributed by atoms with Gasteiger partial charge in [-0.1, -0.05) is 31.2 Å². The molecular weight excluding hydrogens is 217 g/mol. The van der Waals surface area contributed by atoms with E-state index in [9.17, 15) is 9.18 Å². The molecule has 1 aromatic carbocycles. The highest BCUT2D eigenvalue weighted by atomic mass is 19.1. The van der Waals surface area contributed by atoms with Crippen molar-refractivity contribution in [3.8, 4) is 11.1 Å². The highest BCUT2D eigenvalue weighted by molar-refractivity contribution is 5.96. The van der Waals surface area contributed by atoms with Crippen LogP contribution in [0, 0.1) is 5.82 Å². The number of pyridine rings is 1. The lowest BCUT2D eigenvalue weighted by Gasteiger charge is -2.03. The molecular formula is C14H12FNO. The van der Waals surface area contributed by atoms with Crippen molar-refractivity contribution in [1.82, 2.24) is 4.98 Å². The number of ketones is 1. The third kappa shape index (κ3) is 2.56. The van der Waals surface area contributed by atoms with E-state index in [2.05, 4.69) is 4.98 Å². The summed E-state index contributed by atoms with van der Waals surface area (Å²) in [6, 6.07) is 8.54. The van der Waals surface area contributed by atoms with Gasteiger partial charge in [0.1, 0.15) is 5.82 Å². The van der Waals surface area contributed by atoms with Gasteiger partial charge < -0.3 is 0 Å². The van der Waals surface area contributed by atoms with Crippen LogP contribution in [-0.2, 0) is 0 Å². The zero-order valence-corrected chi connectivity index (χ0v) is 9.48. The third-order valence-corrected chi connectivity index (χ3v) is 2.57. The van der Waals surface area contributed by atoms with Crippen LogP contribution < -0.4 is 0 Å². The Kier molecular flexibility index (Phi) is 3.28. The summed E-state index contributed by atoms with van der Waals surface area (Å²) in [6.07, 6.45) is 3.25. The number of benzene rings is 1. The first-order chi connectivity index (χ1) is 8.20. The topological polar surface area (TPSA) is 30.0 Å². The number of hydrogen-bond donors (Lipinski definition) is 0. The summed E-state index contributed by atoms with van der Waals surface area (Å²) in [4.78, 5) is 15.2. The number of carbonyl (C=O) groups is 1. The maximum absolute atomic E-state index is 13.0. The average Bonchev–Trinajstić information content (AvgIpc) is 2.38. The van der Waals surface area contributed by atoms with Crippen LogP contribution in [0.15, 0.2) is 42.7 Å². The molecule has 0 fully saturated rings. The highest BCUT2D eigenvalue weighted by Gasteiger charge is 2.04. The number of rotatable bonds is 3. The second kappa shape index (κ2) is 4.87. The molecule has 0 atom stereocenters. The molecule has 0 saturated carbocycles. The van der Waals surface area contributed by atoms with Gasteiger partial charge in [-0.3, -0.25) is 9.78 Å². The molecule has 0 aliphatic heterocycles. The van der Waals surface area contributed by atoms with Gasteiger partial charge in [-0.2, -0.15) is 0 Å². The second-order valence-electron chi connectivity index (χ2n) is 3.75. The van der Waals surface area contributed by atoms with Gasteiger partial charge in [-0.25, -0.2) is 4.39 Å². The smallest absolute Gasteiger partial charge is 0.162 e. The maximum Gasteiger partial charge on any atom is 0.162 e. The molecule has 0 aliphatic carbocycles. The minimum Gasteiger partial charge on any atom is -0.294 e. The summed E-state index contributed by atoms with van der Waals surface area (Å²) in [5.74, 6) is -0.259. The SMILES string of the molecule is CCC(=O)c1ccc(-c2cncc(F)c2)cc1. The number of aromatic nitrogens is 1. The van der Waals surface area contributed by atoms with Crippen LogP contribution in [0.5, 0.6) is 0 Å². The zero-order valence-electron chi connectivity index (χ0n) is 9.48. The Morgan fingerprint density at radius 3 is 2.47 bits per heavy atom. The molecule has 0 radical (unpaired) electrons. The molecule has 1 aromatic heterocycles. The summed E-state index contributed by atoms with van der Waals surface area (Å²) in [5.41, 5.74) is 2.24. The van der Waals surface area contributed by atoms with Gasteiger partial charge in [0.2, 0.25) is 0 Å². The van der Waals surface area contributed by atoms with E-state index in [1.807, 2.05) is 6.92 Å². The maximum atomic E-state index is 13.0. The van der Waals surface area contributed by atoms with E-state index < -0.39 is 0 Å². The number of nitrogens with zero attached hydrogens (tertiary/aromatic N) is 1. The molecule has 0 N–H and O–H groups in total. The molecule has 0 aliphatic rings.